The summed E-state index contributed by atoms with van der Waals surface area (Å²) in [5.41, 5.74) is 6.26. The van der Waals surface area contributed by atoms with Crippen LogP contribution in [0.2, 0.25) is 0 Å². The van der Waals surface area contributed by atoms with E-state index in [1.807, 2.05) is 0 Å². The number of amides is 1. The second kappa shape index (κ2) is 9.05. The molecular weight excluding hydrogens is 398 g/mol. The Balaban J connectivity index is 1.62. The average Bonchev–Trinajstić information content (AvgIpc) is 2.69. The van der Waals surface area contributed by atoms with Gasteiger partial charge in [0.1, 0.15) is 17.4 Å². The highest BCUT2D eigenvalue weighted by atomic mass is 19.1. The third kappa shape index (κ3) is 5.32. The number of anilines is 1. The van der Waals surface area contributed by atoms with Gasteiger partial charge in [0.2, 0.25) is 5.91 Å². The number of nitrogens with one attached hydrogen (secondary N) is 1. The number of aromatic nitrogens is 1. The van der Waals surface area contributed by atoms with Crippen molar-refractivity contribution in [2.75, 3.05) is 5.32 Å². The van der Waals surface area contributed by atoms with Crippen LogP contribution < -0.4 is 15.8 Å². The van der Waals surface area contributed by atoms with E-state index < -0.39 is 28.5 Å². The van der Waals surface area contributed by atoms with Crippen molar-refractivity contribution in [2.24, 2.45) is 5.73 Å². The molecule has 2 aromatic carbocycles. The molecule has 1 aromatic heterocycles. The first kappa shape index (κ1) is 20.8. The average molecular weight is 414 g/mol. The Morgan fingerprint density at radius 3 is 2.47 bits per heavy atom. The van der Waals surface area contributed by atoms with Gasteiger partial charge in [0.05, 0.1) is 11.0 Å². The van der Waals surface area contributed by atoms with Crippen LogP contribution >= 0.6 is 0 Å². The van der Waals surface area contributed by atoms with Gasteiger partial charge >= 0.3 is 5.69 Å². The van der Waals surface area contributed by atoms with Gasteiger partial charge in [-0.15, -0.1) is 0 Å². The minimum absolute atomic E-state index is 0.0337. The number of rotatable bonds is 7. The maximum Gasteiger partial charge on any atom is 0.331 e. The molecule has 0 bridgehead atoms. The first-order valence-electron chi connectivity index (χ1n) is 8.70. The van der Waals surface area contributed by atoms with Gasteiger partial charge in [-0.25, -0.2) is 13.8 Å². The quantitative estimate of drug-likeness (QED) is 0.450. The smallest absolute Gasteiger partial charge is 0.331 e. The lowest BCUT2D eigenvalue weighted by molar-refractivity contribution is -0.386. The summed E-state index contributed by atoms with van der Waals surface area (Å²) in [7, 11) is 0. The molecule has 3 rings (SSSR count). The van der Waals surface area contributed by atoms with Crippen LogP contribution in [-0.2, 0) is 11.2 Å². The molecule has 0 fully saturated rings. The Morgan fingerprint density at radius 1 is 1.17 bits per heavy atom. The summed E-state index contributed by atoms with van der Waals surface area (Å²) in [5.74, 6) is -2.07. The molecule has 1 atom stereocenters. The van der Waals surface area contributed by atoms with Crippen molar-refractivity contribution in [3.63, 3.8) is 0 Å². The Bertz CT molecular complexity index is 1060. The second-order valence-corrected chi connectivity index (χ2v) is 6.29. The normalized spacial score (nSPS) is 11.6. The van der Waals surface area contributed by atoms with Crippen molar-refractivity contribution in [1.29, 1.82) is 0 Å². The van der Waals surface area contributed by atoms with Crippen LogP contribution in [0.25, 0.3) is 0 Å². The van der Waals surface area contributed by atoms with Crippen LogP contribution in [0.3, 0.4) is 0 Å². The predicted molar refractivity (Wildman–Crippen MR) is 104 cm³/mol. The third-order valence-corrected chi connectivity index (χ3v) is 4.01. The highest BCUT2D eigenvalue weighted by Gasteiger charge is 2.17. The van der Waals surface area contributed by atoms with Crippen LogP contribution in [0, 0.1) is 21.7 Å². The second-order valence-electron chi connectivity index (χ2n) is 6.29. The van der Waals surface area contributed by atoms with Gasteiger partial charge in [-0.2, -0.15) is 0 Å². The number of benzene rings is 2. The molecule has 0 aliphatic rings. The van der Waals surface area contributed by atoms with Crippen molar-refractivity contribution in [2.45, 2.75) is 12.5 Å². The van der Waals surface area contributed by atoms with Crippen LogP contribution in [0.15, 0.2) is 60.8 Å². The molecule has 0 saturated carbocycles. The zero-order valence-electron chi connectivity index (χ0n) is 15.4. The molecule has 0 spiro atoms. The van der Waals surface area contributed by atoms with Crippen LogP contribution in [0.4, 0.5) is 20.2 Å². The fourth-order valence-corrected chi connectivity index (χ4v) is 2.61. The van der Waals surface area contributed by atoms with Gasteiger partial charge in [0, 0.05) is 24.0 Å². The van der Waals surface area contributed by atoms with Crippen molar-refractivity contribution >= 4 is 17.3 Å². The van der Waals surface area contributed by atoms with Gasteiger partial charge < -0.3 is 15.8 Å². The van der Waals surface area contributed by atoms with Gasteiger partial charge in [-0.1, -0.05) is 12.1 Å². The Labute approximate surface area is 169 Å². The molecule has 10 heteroatoms. The number of pyridine rings is 1. The Kier molecular flexibility index (Phi) is 6.28. The molecular formula is C20H16F2N4O4. The molecule has 0 unspecified atom stereocenters. The van der Waals surface area contributed by atoms with Gasteiger partial charge in [-0.3, -0.25) is 14.9 Å². The minimum Gasteiger partial charge on any atom is -0.434 e. The van der Waals surface area contributed by atoms with Crippen molar-refractivity contribution < 1.29 is 23.2 Å². The summed E-state index contributed by atoms with van der Waals surface area (Å²) < 4.78 is 31.9. The SMILES string of the molecule is N[C@@H](Cc1ccc(Oc2ncccc2[N+](=O)[O-])cc1)C(=O)Nc1cc(F)cc(F)c1. The van der Waals surface area contributed by atoms with Crippen molar-refractivity contribution in [3.8, 4) is 11.6 Å². The monoisotopic (exact) mass is 414 g/mol. The lowest BCUT2D eigenvalue weighted by Crippen LogP contribution is -2.37. The topological polar surface area (TPSA) is 120 Å². The van der Waals surface area contributed by atoms with Gasteiger partial charge in [0.15, 0.2) is 0 Å². The van der Waals surface area contributed by atoms with E-state index in [0.717, 1.165) is 12.1 Å². The number of carbonyl (C=O) groups excluding carboxylic acids is 1. The number of hydrogen-bond acceptors (Lipinski definition) is 6. The molecule has 3 aromatic rings. The molecule has 1 heterocycles. The van der Waals surface area contributed by atoms with Crippen molar-refractivity contribution in [3.05, 3.63) is 88.1 Å². The fourth-order valence-electron chi connectivity index (χ4n) is 2.61. The van der Waals surface area contributed by atoms with E-state index in [1.54, 1.807) is 24.3 Å². The summed E-state index contributed by atoms with van der Waals surface area (Å²) >= 11 is 0. The number of nitrogens with zero attached hydrogens (tertiary/aromatic N) is 2. The van der Waals surface area contributed by atoms with Crippen LogP contribution in [-0.4, -0.2) is 21.9 Å². The lowest BCUT2D eigenvalue weighted by Gasteiger charge is -2.13. The largest absolute Gasteiger partial charge is 0.434 e. The Hall–Kier alpha value is -3.92. The van der Waals surface area contributed by atoms with Gasteiger partial charge in [-0.05, 0) is 42.3 Å². The standard InChI is InChI=1S/C20H16F2N4O4/c21-13-9-14(22)11-15(10-13)25-19(27)17(23)8-12-3-5-16(6-4-12)30-20-18(26(28)29)2-1-7-24-20/h1-7,9-11,17H,8,23H2,(H,25,27)/t17-/m0/s1. The highest BCUT2D eigenvalue weighted by molar-refractivity contribution is 5.94. The van der Waals surface area contributed by atoms with Crippen LogP contribution in [0.1, 0.15) is 5.56 Å². The summed E-state index contributed by atoms with van der Waals surface area (Å²) in [5, 5.41) is 13.4. The van der Waals surface area contributed by atoms with Crippen molar-refractivity contribution in [1.82, 2.24) is 4.98 Å². The number of nitrogens with two attached hydrogens (primary N) is 1. The number of halogens is 2. The summed E-state index contributed by atoms with van der Waals surface area (Å²) in [6.07, 6.45) is 1.52. The fraction of sp³-hybridized carbons (Fsp3) is 0.100. The Morgan fingerprint density at radius 2 is 1.83 bits per heavy atom. The molecule has 1 amide bonds. The van der Waals surface area contributed by atoms with E-state index >= 15 is 0 Å². The van der Waals surface area contributed by atoms with E-state index in [2.05, 4.69) is 10.3 Å². The maximum atomic E-state index is 13.2. The number of hydrogen-bond donors (Lipinski definition) is 2. The molecule has 0 saturated heterocycles. The highest BCUT2D eigenvalue weighted by Crippen LogP contribution is 2.28. The summed E-state index contributed by atoms with van der Waals surface area (Å²) in [4.78, 5) is 26.4. The van der Waals surface area contributed by atoms with E-state index in [0.29, 0.717) is 17.4 Å². The zero-order chi connectivity index (χ0) is 21.7. The molecule has 3 N–H and O–H groups in total. The predicted octanol–water partition coefficient (Wildman–Crippen LogP) is 3.57. The number of carbonyl (C=O) groups is 1. The molecule has 0 aliphatic carbocycles. The van der Waals surface area contributed by atoms with Gasteiger partial charge in [0.25, 0.3) is 5.88 Å². The van der Waals surface area contributed by atoms with E-state index in [-0.39, 0.29) is 23.7 Å². The molecule has 0 aliphatic heterocycles. The van der Waals surface area contributed by atoms with E-state index in [1.165, 1.54) is 18.3 Å². The first-order chi connectivity index (χ1) is 14.3. The zero-order valence-corrected chi connectivity index (χ0v) is 15.4. The molecule has 0 radical (unpaired) electrons. The minimum atomic E-state index is -0.972. The number of ether oxygens (including phenoxy) is 1. The molecule has 8 nitrogen and oxygen atoms in total. The maximum absolute atomic E-state index is 13.2. The molecule has 154 valence electrons. The lowest BCUT2D eigenvalue weighted by atomic mass is 10.1. The number of nitro groups is 1. The molecule has 30 heavy (non-hydrogen) atoms. The van der Waals surface area contributed by atoms with E-state index in [4.69, 9.17) is 10.5 Å². The summed E-state index contributed by atoms with van der Waals surface area (Å²) in [6.45, 7) is 0. The van der Waals surface area contributed by atoms with Crippen LogP contribution in [0.5, 0.6) is 11.6 Å². The van der Waals surface area contributed by atoms with E-state index in [9.17, 15) is 23.7 Å². The first-order valence-corrected chi connectivity index (χ1v) is 8.70. The summed E-state index contributed by atoms with van der Waals surface area (Å²) in [6, 6.07) is 10.8. The third-order valence-electron chi connectivity index (χ3n) is 4.01.